The summed E-state index contributed by atoms with van der Waals surface area (Å²) in [5, 5.41) is 9.95. The van der Waals surface area contributed by atoms with E-state index in [1.54, 1.807) is 11.8 Å². The van der Waals surface area contributed by atoms with E-state index in [9.17, 15) is 18.3 Å². The number of carbonyl (C=O) groups excluding carboxylic acids is 1. The van der Waals surface area contributed by atoms with Crippen molar-refractivity contribution in [3.8, 4) is 0 Å². The molecule has 0 aromatic heterocycles. The van der Waals surface area contributed by atoms with Gasteiger partial charge in [0.25, 0.3) is 0 Å². The van der Waals surface area contributed by atoms with Crippen molar-refractivity contribution in [2.45, 2.75) is 57.6 Å². The molecule has 2 rings (SSSR count). The van der Waals surface area contributed by atoms with E-state index in [0.717, 1.165) is 6.42 Å². The number of piperidine rings is 1. The molecule has 1 amide bonds. The number of hydrogen-bond acceptors (Lipinski definition) is 4. The van der Waals surface area contributed by atoms with Crippen LogP contribution in [0.15, 0.2) is 0 Å². The summed E-state index contributed by atoms with van der Waals surface area (Å²) in [7, 11) is -3.33. The van der Waals surface area contributed by atoms with E-state index in [0.29, 0.717) is 45.3 Å². The first-order valence-electron chi connectivity index (χ1n) is 7.77. The van der Waals surface area contributed by atoms with Crippen molar-refractivity contribution < 1.29 is 18.3 Å². The summed E-state index contributed by atoms with van der Waals surface area (Å²) in [4.78, 5) is 14.3. The molecule has 0 aromatic carbocycles. The van der Waals surface area contributed by atoms with Gasteiger partial charge < -0.3 is 10.0 Å². The minimum absolute atomic E-state index is 0.0947. The van der Waals surface area contributed by atoms with Crippen molar-refractivity contribution in [1.82, 2.24) is 9.21 Å². The Kier molecular flexibility index (Phi) is 4.95. The zero-order chi connectivity index (χ0) is 15.7. The minimum Gasteiger partial charge on any atom is -0.390 e. The number of aliphatic hydroxyl groups is 1. The maximum Gasteiger partial charge on any atom is 0.241 e. The smallest absolute Gasteiger partial charge is 0.241 e. The fourth-order valence-corrected chi connectivity index (χ4v) is 4.86. The highest BCUT2D eigenvalue weighted by molar-refractivity contribution is 7.89. The van der Waals surface area contributed by atoms with Gasteiger partial charge >= 0.3 is 0 Å². The average molecular weight is 318 g/mol. The van der Waals surface area contributed by atoms with Crippen molar-refractivity contribution in [3.05, 3.63) is 0 Å². The fraction of sp³-hybridized carbons (Fsp3) is 0.929. The standard InChI is InChI=1S/C14H26N2O4S/c1-3-11-21(19,20)16-8-4-5-12(16)13(17)15-9-6-14(2,18)7-10-15/h12,18H,3-11H2,1-2H3. The Morgan fingerprint density at radius 3 is 2.48 bits per heavy atom. The second-order valence-corrected chi connectivity index (χ2v) is 8.45. The number of hydrogen-bond donors (Lipinski definition) is 1. The van der Waals surface area contributed by atoms with Gasteiger partial charge in [-0.15, -0.1) is 0 Å². The van der Waals surface area contributed by atoms with Gasteiger partial charge in [-0.3, -0.25) is 4.79 Å². The van der Waals surface area contributed by atoms with Crippen LogP contribution >= 0.6 is 0 Å². The fourth-order valence-electron chi connectivity index (χ4n) is 3.11. The maximum absolute atomic E-state index is 12.6. The van der Waals surface area contributed by atoms with E-state index in [2.05, 4.69) is 0 Å². The molecule has 2 aliphatic rings. The van der Waals surface area contributed by atoms with Crippen molar-refractivity contribution in [1.29, 1.82) is 0 Å². The first kappa shape index (κ1) is 16.7. The van der Waals surface area contributed by atoms with Crippen LogP contribution in [0, 0.1) is 0 Å². The van der Waals surface area contributed by atoms with E-state index in [4.69, 9.17) is 0 Å². The molecule has 0 aliphatic carbocycles. The van der Waals surface area contributed by atoms with Crippen LogP contribution < -0.4 is 0 Å². The molecule has 21 heavy (non-hydrogen) atoms. The van der Waals surface area contributed by atoms with Crippen LogP contribution in [0.1, 0.15) is 46.0 Å². The molecule has 2 heterocycles. The molecule has 0 aromatic rings. The lowest BCUT2D eigenvalue weighted by atomic mass is 9.93. The van der Waals surface area contributed by atoms with Crippen LogP contribution in [0.3, 0.4) is 0 Å². The van der Waals surface area contributed by atoms with E-state index in [1.165, 1.54) is 4.31 Å². The minimum atomic E-state index is -3.33. The molecular formula is C14H26N2O4S. The number of likely N-dealkylation sites (tertiary alicyclic amines) is 1. The molecule has 0 saturated carbocycles. The topological polar surface area (TPSA) is 77.9 Å². The lowest BCUT2D eigenvalue weighted by molar-refractivity contribution is -0.138. The predicted octanol–water partition coefficient (Wildman–Crippen LogP) is 0.564. The number of sulfonamides is 1. The summed E-state index contributed by atoms with van der Waals surface area (Å²) < 4.78 is 25.9. The van der Waals surface area contributed by atoms with Crippen LogP contribution in [-0.4, -0.2) is 65.7 Å². The summed E-state index contributed by atoms with van der Waals surface area (Å²) in [6.45, 7) is 5.07. The molecule has 0 spiro atoms. The number of amides is 1. The Morgan fingerprint density at radius 2 is 1.90 bits per heavy atom. The molecule has 6 nitrogen and oxygen atoms in total. The summed E-state index contributed by atoms with van der Waals surface area (Å²) in [5.74, 6) is 0.00793. The molecule has 0 radical (unpaired) electrons. The van der Waals surface area contributed by atoms with Crippen LogP contribution in [0.2, 0.25) is 0 Å². The number of nitrogens with zero attached hydrogens (tertiary/aromatic N) is 2. The van der Waals surface area contributed by atoms with Crippen molar-refractivity contribution >= 4 is 15.9 Å². The zero-order valence-corrected chi connectivity index (χ0v) is 13.7. The monoisotopic (exact) mass is 318 g/mol. The zero-order valence-electron chi connectivity index (χ0n) is 12.9. The third-order valence-corrected chi connectivity index (χ3v) is 6.54. The lowest BCUT2D eigenvalue weighted by Gasteiger charge is -2.38. The van der Waals surface area contributed by atoms with E-state index in [-0.39, 0.29) is 11.7 Å². The molecule has 1 atom stereocenters. The number of carbonyl (C=O) groups is 1. The van der Waals surface area contributed by atoms with Gasteiger partial charge in [0.2, 0.25) is 15.9 Å². The average Bonchev–Trinajstić information content (AvgIpc) is 2.88. The highest BCUT2D eigenvalue weighted by atomic mass is 32.2. The van der Waals surface area contributed by atoms with Gasteiger partial charge in [-0.1, -0.05) is 6.92 Å². The van der Waals surface area contributed by atoms with Crippen molar-refractivity contribution in [2.75, 3.05) is 25.4 Å². The third-order valence-electron chi connectivity index (χ3n) is 4.46. The van der Waals surface area contributed by atoms with E-state index < -0.39 is 21.7 Å². The molecule has 2 aliphatic heterocycles. The Hall–Kier alpha value is -0.660. The molecule has 1 unspecified atom stereocenters. The predicted molar refractivity (Wildman–Crippen MR) is 80.2 cm³/mol. The summed E-state index contributed by atoms with van der Waals surface area (Å²) >= 11 is 0. The van der Waals surface area contributed by atoms with Crippen LogP contribution in [0.5, 0.6) is 0 Å². The van der Waals surface area contributed by atoms with Gasteiger partial charge in [0.05, 0.1) is 11.4 Å². The highest BCUT2D eigenvalue weighted by Gasteiger charge is 2.41. The summed E-state index contributed by atoms with van der Waals surface area (Å²) in [6.07, 6.45) is 3.01. The largest absolute Gasteiger partial charge is 0.390 e. The molecule has 2 fully saturated rings. The van der Waals surface area contributed by atoms with E-state index in [1.807, 2.05) is 6.92 Å². The lowest BCUT2D eigenvalue weighted by Crippen LogP contribution is -2.52. The van der Waals surface area contributed by atoms with Crippen LogP contribution in [0.4, 0.5) is 0 Å². The molecule has 1 N–H and O–H groups in total. The van der Waals surface area contributed by atoms with Gasteiger partial charge in [-0.05, 0) is 39.0 Å². The molecule has 2 saturated heterocycles. The SMILES string of the molecule is CCCS(=O)(=O)N1CCCC1C(=O)N1CCC(C)(O)CC1. The van der Waals surface area contributed by atoms with Gasteiger partial charge in [0.1, 0.15) is 6.04 Å². The molecule has 0 bridgehead atoms. The summed E-state index contributed by atoms with van der Waals surface area (Å²) in [6, 6.07) is -0.537. The Bertz CT molecular complexity index is 479. The van der Waals surface area contributed by atoms with Crippen LogP contribution in [-0.2, 0) is 14.8 Å². The molecule has 122 valence electrons. The van der Waals surface area contributed by atoms with Crippen LogP contribution in [0.25, 0.3) is 0 Å². The molecular weight excluding hydrogens is 292 g/mol. The van der Waals surface area contributed by atoms with Crippen molar-refractivity contribution in [3.63, 3.8) is 0 Å². The first-order valence-corrected chi connectivity index (χ1v) is 9.38. The normalized spacial score (nSPS) is 27.0. The summed E-state index contributed by atoms with van der Waals surface area (Å²) in [5.41, 5.74) is -0.708. The quantitative estimate of drug-likeness (QED) is 0.822. The van der Waals surface area contributed by atoms with Crippen molar-refractivity contribution in [2.24, 2.45) is 0 Å². The Morgan fingerprint density at radius 1 is 1.29 bits per heavy atom. The second kappa shape index (κ2) is 6.22. The Labute approximate surface area is 127 Å². The van der Waals surface area contributed by atoms with Gasteiger partial charge in [-0.2, -0.15) is 4.31 Å². The van der Waals surface area contributed by atoms with Gasteiger partial charge in [0, 0.05) is 19.6 Å². The second-order valence-electron chi connectivity index (χ2n) is 6.41. The Balaban J connectivity index is 2.05. The highest BCUT2D eigenvalue weighted by Crippen LogP contribution is 2.27. The van der Waals surface area contributed by atoms with Gasteiger partial charge in [0.15, 0.2) is 0 Å². The van der Waals surface area contributed by atoms with E-state index >= 15 is 0 Å². The molecule has 7 heteroatoms. The van der Waals surface area contributed by atoms with Gasteiger partial charge in [-0.25, -0.2) is 8.42 Å². The third kappa shape index (κ3) is 3.76. The first-order chi connectivity index (χ1) is 9.77. The maximum atomic E-state index is 12.6. The number of rotatable bonds is 4.